The van der Waals surface area contributed by atoms with Gasteiger partial charge >= 0.3 is 0 Å². The fraction of sp³-hybridized carbons (Fsp3) is 0.240. The summed E-state index contributed by atoms with van der Waals surface area (Å²) >= 11 is 0. The molecule has 0 saturated heterocycles. The largest absolute Gasteiger partial charge is 0.501 e. The molecule has 0 aliphatic heterocycles. The van der Waals surface area contributed by atoms with Gasteiger partial charge in [-0.25, -0.2) is 9.97 Å². The Balaban J connectivity index is 1.82. The van der Waals surface area contributed by atoms with E-state index < -0.39 is 5.54 Å². The van der Waals surface area contributed by atoms with Gasteiger partial charge < -0.3 is 15.0 Å². The minimum absolute atomic E-state index is 0.447. The highest BCUT2D eigenvalue weighted by molar-refractivity contribution is 6.12. The fourth-order valence-corrected chi connectivity index (χ4v) is 4.03. The number of hydrogen-bond acceptors (Lipinski definition) is 4. The lowest BCUT2D eigenvalue weighted by atomic mass is 9.89. The summed E-state index contributed by atoms with van der Waals surface area (Å²) in [5.74, 6) is 0. The number of nitrogens with zero attached hydrogens (tertiary/aromatic N) is 2. The number of H-pyrrole nitrogens is 1. The van der Waals surface area contributed by atoms with E-state index in [2.05, 4.69) is 63.6 Å². The molecule has 0 aliphatic carbocycles. The number of hydrogen-bond donors (Lipinski definition) is 2. The highest BCUT2D eigenvalue weighted by Crippen LogP contribution is 2.34. The quantitative estimate of drug-likeness (QED) is 0.327. The van der Waals surface area contributed by atoms with Crippen LogP contribution >= 0.6 is 0 Å². The van der Waals surface area contributed by atoms with E-state index in [0.717, 1.165) is 56.3 Å². The Morgan fingerprint density at radius 2 is 2.00 bits per heavy atom. The molecule has 0 saturated carbocycles. The molecule has 0 spiro atoms. The Morgan fingerprint density at radius 1 is 1.16 bits per heavy atom. The Bertz CT molecular complexity index is 1290. The number of nitrogens with one attached hydrogen (secondary N) is 2. The number of fused-ring (bicyclic) bond motifs is 3. The number of aromatic amines is 1. The molecule has 0 unspecified atom stereocenters. The molecule has 2 aromatic carbocycles. The average molecular weight is 415 g/mol. The molecule has 0 atom stereocenters. The average Bonchev–Trinajstić information content (AvgIpc) is 3.11. The van der Waals surface area contributed by atoms with Gasteiger partial charge in [0.15, 0.2) is 0 Å². The van der Waals surface area contributed by atoms with Gasteiger partial charge in [-0.3, -0.25) is 4.79 Å². The summed E-state index contributed by atoms with van der Waals surface area (Å²) < 4.78 is 5.31. The molecule has 4 rings (SSSR count). The van der Waals surface area contributed by atoms with Crippen molar-refractivity contribution in [3.8, 4) is 11.3 Å². The van der Waals surface area contributed by atoms with E-state index in [-0.39, 0.29) is 0 Å². The number of rotatable bonds is 7. The maximum Gasteiger partial charge on any atom is 0.207 e. The Kier molecular flexibility index (Phi) is 5.46. The summed E-state index contributed by atoms with van der Waals surface area (Å²) in [6.07, 6.45) is 5.98. The van der Waals surface area contributed by atoms with E-state index in [1.807, 2.05) is 26.8 Å². The molecule has 2 heterocycles. The van der Waals surface area contributed by atoms with Crippen molar-refractivity contribution in [3.05, 3.63) is 65.7 Å². The zero-order valence-corrected chi connectivity index (χ0v) is 18.2. The highest BCUT2D eigenvalue weighted by Gasteiger charge is 2.22. The third kappa shape index (κ3) is 3.89. The van der Waals surface area contributed by atoms with E-state index >= 15 is 0 Å². The maximum atomic E-state index is 11.0. The first-order valence-corrected chi connectivity index (χ1v) is 10.3. The number of carbonyl (C=O) groups is 1. The van der Waals surface area contributed by atoms with E-state index in [4.69, 9.17) is 4.74 Å². The topological polar surface area (TPSA) is 79.9 Å². The first kappa shape index (κ1) is 20.6. The molecule has 6 heteroatoms. The SMILES string of the molecule is CCO/C=C/c1ccc2c(c1)[nH]c1ncnc(-c3ccc(C(C)(C)NC=O)c(C)c3)c12. The summed E-state index contributed by atoms with van der Waals surface area (Å²) in [4.78, 5) is 23.5. The van der Waals surface area contributed by atoms with Crippen molar-refractivity contribution in [2.45, 2.75) is 33.2 Å². The smallest absolute Gasteiger partial charge is 0.207 e. The first-order valence-electron chi connectivity index (χ1n) is 10.3. The molecule has 2 N–H and O–H groups in total. The van der Waals surface area contributed by atoms with E-state index in [1.165, 1.54) is 0 Å². The summed E-state index contributed by atoms with van der Waals surface area (Å²) in [5.41, 5.74) is 6.45. The van der Waals surface area contributed by atoms with Gasteiger partial charge in [0.1, 0.15) is 12.0 Å². The van der Waals surface area contributed by atoms with Gasteiger partial charge in [0.25, 0.3) is 0 Å². The molecule has 0 bridgehead atoms. The Labute approximate surface area is 181 Å². The second kappa shape index (κ2) is 8.22. The monoisotopic (exact) mass is 414 g/mol. The molecular formula is C25H26N4O2. The van der Waals surface area contributed by atoms with Crippen LogP contribution in [0, 0.1) is 6.92 Å². The number of aryl methyl sites for hydroxylation is 1. The van der Waals surface area contributed by atoms with Gasteiger partial charge in [-0.05, 0) is 62.6 Å². The molecule has 0 radical (unpaired) electrons. The zero-order chi connectivity index (χ0) is 22.0. The van der Waals surface area contributed by atoms with Gasteiger partial charge in [-0.2, -0.15) is 0 Å². The molecule has 4 aromatic rings. The van der Waals surface area contributed by atoms with Crippen LogP contribution in [0.3, 0.4) is 0 Å². The van der Waals surface area contributed by atoms with E-state index in [1.54, 1.807) is 12.6 Å². The molecule has 0 fully saturated rings. The van der Waals surface area contributed by atoms with Crippen LogP contribution in [0.25, 0.3) is 39.3 Å². The number of aromatic nitrogens is 3. The first-order chi connectivity index (χ1) is 14.9. The van der Waals surface area contributed by atoms with Crippen LogP contribution in [0.4, 0.5) is 0 Å². The second-order valence-corrected chi connectivity index (χ2v) is 8.05. The van der Waals surface area contributed by atoms with Crippen molar-refractivity contribution in [1.82, 2.24) is 20.3 Å². The second-order valence-electron chi connectivity index (χ2n) is 8.05. The zero-order valence-electron chi connectivity index (χ0n) is 18.2. The fourth-order valence-electron chi connectivity index (χ4n) is 4.03. The number of carbonyl (C=O) groups excluding carboxylic acids is 1. The van der Waals surface area contributed by atoms with Crippen molar-refractivity contribution in [1.29, 1.82) is 0 Å². The molecule has 158 valence electrons. The lowest BCUT2D eigenvalue weighted by molar-refractivity contribution is -0.111. The molecule has 2 aromatic heterocycles. The van der Waals surface area contributed by atoms with E-state index in [9.17, 15) is 4.79 Å². The molecule has 0 aliphatic rings. The minimum Gasteiger partial charge on any atom is -0.501 e. The summed E-state index contributed by atoms with van der Waals surface area (Å²) in [6.45, 7) is 8.63. The van der Waals surface area contributed by atoms with E-state index in [0.29, 0.717) is 6.61 Å². The predicted molar refractivity (Wildman–Crippen MR) is 124 cm³/mol. The van der Waals surface area contributed by atoms with Crippen LogP contribution in [-0.2, 0) is 15.1 Å². The predicted octanol–water partition coefficient (Wildman–Crippen LogP) is 5.07. The van der Waals surface area contributed by atoms with Crippen LogP contribution in [-0.4, -0.2) is 28.0 Å². The number of amides is 1. The summed E-state index contributed by atoms with van der Waals surface area (Å²) in [5, 5.41) is 4.95. The van der Waals surface area contributed by atoms with Gasteiger partial charge in [0.2, 0.25) is 6.41 Å². The van der Waals surface area contributed by atoms with Gasteiger partial charge in [0.05, 0.1) is 29.5 Å². The third-order valence-electron chi connectivity index (χ3n) is 5.53. The van der Waals surface area contributed by atoms with Crippen LogP contribution in [0.5, 0.6) is 0 Å². The van der Waals surface area contributed by atoms with Crippen molar-refractivity contribution < 1.29 is 9.53 Å². The van der Waals surface area contributed by atoms with Gasteiger partial charge in [0, 0.05) is 16.5 Å². The van der Waals surface area contributed by atoms with Crippen molar-refractivity contribution >= 4 is 34.4 Å². The third-order valence-corrected chi connectivity index (χ3v) is 5.53. The molecule has 1 amide bonds. The van der Waals surface area contributed by atoms with Crippen LogP contribution in [0.2, 0.25) is 0 Å². The van der Waals surface area contributed by atoms with Crippen LogP contribution in [0.1, 0.15) is 37.5 Å². The lowest BCUT2D eigenvalue weighted by Crippen LogP contribution is -2.35. The number of ether oxygens (including phenoxy) is 1. The lowest BCUT2D eigenvalue weighted by Gasteiger charge is -2.26. The Morgan fingerprint density at radius 3 is 2.74 bits per heavy atom. The minimum atomic E-state index is -0.447. The van der Waals surface area contributed by atoms with Crippen molar-refractivity contribution in [2.24, 2.45) is 0 Å². The van der Waals surface area contributed by atoms with Crippen molar-refractivity contribution in [3.63, 3.8) is 0 Å². The highest BCUT2D eigenvalue weighted by atomic mass is 16.5. The number of benzene rings is 2. The summed E-state index contributed by atoms with van der Waals surface area (Å²) in [7, 11) is 0. The van der Waals surface area contributed by atoms with Gasteiger partial charge in [-0.15, -0.1) is 0 Å². The molecule has 31 heavy (non-hydrogen) atoms. The van der Waals surface area contributed by atoms with Crippen LogP contribution < -0.4 is 5.32 Å². The van der Waals surface area contributed by atoms with Crippen molar-refractivity contribution in [2.75, 3.05) is 6.61 Å². The normalized spacial score (nSPS) is 12.0. The molecular weight excluding hydrogens is 388 g/mol. The standard InChI is InChI=1S/C25H26N4O2/c1-5-31-11-10-17-6-8-19-21(13-17)29-24-22(19)23(26-14-27-24)18-7-9-20(16(2)12-18)25(3,4)28-15-30/h6-15H,5H2,1-4H3,(H,28,30)(H,26,27,29)/b11-10+. The van der Waals surface area contributed by atoms with Gasteiger partial charge in [-0.1, -0.05) is 24.3 Å². The molecule has 6 nitrogen and oxygen atoms in total. The Hall–Kier alpha value is -3.67. The van der Waals surface area contributed by atoms with Crippen LogP contribution in [0.15, 0.2) is 49.0 Å². The maximum absolute atomic E-state index is 11.0. The summed E-state index contributed by atoms with van der Waals surface area (Å²) in [6, 6.07) is 12.5.